The third-order valence-corrected chi connectivity index (χ3v) is 14.4. The largest absolute Gasteiger partial charge is 0.489 e. The lowest BCUT2D eigenvalue weighted by Gasteiger charge is -2.25. The number of hydrogen-bond acceptors (Lipinski definition) is 11. The maximum Gasteiger partial charge on any atom is 0.243 e. The Kier molecular flexibility index (Phi) is 21.4. The topological polar surface area (TPSA) is 239 Å². The van der Waals surface area contributed by atoms with Crippen LogP contribution in [0.3, 0.4) is 0 Å². The molecule has 0 saturated carbocycles. The lowest BCUT2D eigenvalue weighted by Crippen LogP contribution is -2.52. The summed E-state index contributed by atoms with van der Waals surface area (Å²) in [5, 5.41) is 25.8. The maximum absolute atomic E-state index is 15.6. The number of imidazole rings is 1. The van der Waals surface area contributed by atoms with E-state index in [9.17, 15) is 43.1 Å². The highest BCUT2D eigenvalue weighted by atomic mass is 19.2. The number of aliphatic hydroxyl groups is 1. The summed E-state index contributed by atoms with van der Waals surface area (Å²) in [5.74, 6) is -5.76. The lowest BCUT2D eigenvalue weighted by molar-refractivity contribution is -0.140. The summed E-state index contributed by atoms with van der Waals surface area (Å²) in [4.78, 5) is 98.0. The van der Waals surface area contributed by atoms with Crippen molar-refractivity contribution >= 4 is 47.0 Å². The highest BCUT2D eigenvalue weighted by molar-refractivity contribution is 6.03. The molecule has 6 rings (SSSR count). The van der Waals surface area contributed by atoms with Gasteiger partial charge in [0, 0.05) is 80.8 Å². The van der Waals surface area contributed by atoms with Crippen molar-refractivity contribution in [1.82, 2.24) is 50.2 Å². The first kappa shape index (κ1) is 60.7. The first-order valence-electron chi connectivity index (χ1n) is 27.1. The van der Waals surface area contributed by atoms with Crippen LogP contribution < -0.4 is 26.0 Å². The maximum atomic E-state index is 15.6. The Labute approximate surface area is 460 Å². The monoisotopic (exact) mass is 1090 g/mol. The molecular formula is C58H76F2N10O9. The number of hydrogen-bond donors (Lipinski definition) is 5. The molecule has 0 aliphatic carbocycles. The predicted molar refractivity (Wildman–Crippen MR) is 292 cm³/mol. The summed E-state index contributed by atoms with van der Waals surface area (Å²) in [5.41, 5.74) is 4.06. The van der Waals surface area contributed by atoms with Crippen LogP contribution in [0, 0.1) is 35.8 Å². The molecule has 5 aromatic rings. The fraction of sp³-hybridized carbons (Fsp3) is 0.500. The van der Waals surface area contributed by atoms with Crippen molar-refractivity contribution in [2.45, 2.75) is 124 Å². The molecule has 1 saturated heterocycles. The van der Waals surface area contributed by atoms with Gasteiger partial charge in [-0.1, -0.05) is 84.2 Å². The van der Waals surface area contributed by atoms with Crippen LogP contribution in [-0.4, -0.2) is 121 Å². The van der Waals surface area contributed by atoms with Gasteiger partial charge in [0.2, 0.25) is 47.2 Å². The minimum absolute atomic E-state index is 0.0301. The predicted octanol–water partition coefficient (Wildman–Crippen LogP) is 5.82. The molecule has 2 aromatic carbocycles. The van der Waals surface area contributed by atoms with E-state index in [1.54, 1.807) is 71.0 Å². The summed E-state index contributed by atoms with van der Waals surface area (Å²) in [7, 11) is 3.31. The van der Waals surface area contributed by atoms with E-state index in [1.165, 1.54) is 22.9 Å². The van der Waals surface area contributed by atoms with Gasteiger partial charge in [-0.15, -0.1) is 0 Å². The van der Waals surface area contributed by atoms with Gasteiger partial charge in [-0.2, -0.15) is 9.49 Å². The van der Waals surface area contributed by atoms with Gasteiger partial charge >= 0.3 is 0 Å². The zero-order chi connectivity index (χ0) is 57.6. The number of halogens is 2. The first-order valence-corrected chi connectivity index (χ1v) is 27.1. The molecule has 21 heteroatoms. The Morgan fingerprint density at radius 3 is 2.35 bits per heavy atom. The van der Waals surface area contributed by atoms with Gasteiger partial charge in [0.1, 0.15) is 17.8 Å². The van der Waals surface area contributed by atoms with Gasteiger partial charge in [-0.05, 0) is 67.3 Å². The molecular weight excluding hydrogens is 1020 g/mol. The number of imide groups is 1. The summed E-state index contributed by atoms with van der Waals surface area (Å²) in [6.45, 7) is 10.7. The number of nitrogens with zero attached hydrogens (tertiary/aromatic N) is 6. The minimum Gasteiger partial charge on any atom is -0.489 e. The number of aryl methyl sites for hydroxylation is 1. The van der Waals surface area contributed by atoms with E-state index in [1.807, 2.05) is 34.6 Å². The Morgan fingerprint density at radius 1 is 0.911 bits per heavy atom. The molecule has 5 N–H and O–H groups in total. The molecule has 7 amide bonds. The first-order chi connectivity index (χ1) is 37.6. The third-order valence-electron chi connectivity index (χ3n) is 14.4. The average Bonchev–Trinajstić information content (AvgIpc) is 4.19. The number of carbonyl (C=O) groups excluding carboxylic acids is 7. The second-order valence-corrected chi connectivity index (χ2v) is 21.5. The Morgan fingerprint density at radius 2 is 1.63 bits per heavy atom. The quantitative estimate of drug-likeness (QED) is 0.0296. The van der Waals surface area contributed by atoms with E-state index in [-0.39, 0.29) is 86.2 Å². The van der Waals surface area contributed by atoms with Crippen LogP contribution in [0.25, 0.3) is 16.8 Å². The number of benzene rings is 2. The molecule has 79 heavy (non-hydrogen) atoms. The summed E-state index contributed by atoms with van der Waals surface area (Å²) in [6.07, 6.45) is 7.68. The number of carbonyl (C=O) groups is 7. The number of amides is 7. The van der Waals surface area contributed by atoms with E-state index < -0.39 is 65.9 Å². The number of likely N-dealkylation sites (N-methyl/N-ethyl adjacent to an activating group) is 1. The van der Waals surface area contributed by atoms with Crippen LogP contribution in [-0.2, 0) is 60.0 Å². The molecule has 19 nitrogen and oxygen atoms in total. The second-order valence-electron chi connectivity index (χ2n) is 21.5. The second kappa shape index (κ2) is 27.9. The Bertz CT molecular complexity index is 2970. The molecule has 4 atom stereocenters. The molecule has 1 aliphatic rings. The average molecular weight is 1100 g/mol. The molecule has 3 unspecified atom stereocenters. The SMILES string of the molecule is CCCCC(C)C1CC(=O)N(CCCCCC(=O)NCC(=O)NCC(=O)N[C@@H](Cc2ccccc2)C(=O)NCC(=O)N(C)Cc2cnc3ccc(-c4ccc(F)c(F)c4OCCc4c(C(O)C(C)(C)C)nn(C)c4C)cn23)C1=O. The van der Waals surface area contributed by atoms with Crippen molar-refractivity contribution in [3.63, 3.8) is 0 Å². The standard InChI is InChI=1S/C58H76F2N10O9/c1-9-10-17-36(2)43-29-50(74)69(57(43)78)26-16-12-15-20-47(71)62-31-48(72)63-32-49(73)65-45(28-38-18-13-11-14-19-38)56(77)64-33-51(75)67(7)35-40-30-61-46-24-21-39(34-70(40)46)42-22-23-44(59)52(60)54(42)79-27-25-41-37(3)68(8)66-53(41)55(76)58(4,5)6/h11,13-14,18-19,21-24,30,34,36,43,45,55,76H,9-10,12,15-17,20,25-29,31-33,35H2,1-8H3,(H,62,71)(H,63,72)(H,64,77)(H,65,73)/t36?,43?,45-,55?/m0/s1. The normalized spacial score (nSPS) is 14.7. The van der Waals surface area contributed by atoms with Crippen molar-refractivity contribution < 1.29 is 52.2 Å². The fourth-order valence-electron chi connectivity index (χ4n) is 9.49. The van der Waals surface area contributed by atoms with Gasteiger partial charge < -0.3 is 40.4 Å². The van der Waals surface area contributed by atoms with Crippen LogP contribution in [0.5, 0.6) is 5.75 Å². The lowest BCUT2D eigenvalue weighted by atomic mass is 9.85. The van der Waals surface area contributed by atoms with Gasteiger partial charge in [-0.25, -0.2) is 9.37 Å². The number of aliphatic hydroxyl groups excluding tert-OH is 1. The zero-order valence-corrected chi connectivity index (χ0v) is 46.6. The van der Waals surface area contributed by atoms with Crippen LogP contribution in [0.4, 0.5) is 8.78 Å². The smallest absolute Gasteiger partial charge is 0.243 e. The van der Waals surface area contributed by atoms with E-state index in [4.69, 9.17) is 4.74 Å². The molecule has 3 aromatic heterocycles. The van der Waals surface area contributed by atoms with Crippen molar-refractivity contribution in [3.8, 4) is 16.9 Å². The fourth-order valence-corrected chi connectivity index (χ4v) is 9.49. The van der Waals surface area contributed by atoms with Crippen molar-refractivity contribution in [2.24, 2.45) is 24.3 Å². The number of ether oxygens (including phenoxy) is 1. The number of fused-ring (bicyclic) bond motifs is 1. The zero-order valence-electron chi connectivity index (χ0n) is 46.6. The van der Waals surface area contributed by atoms with Crippen LogP contribution in [0.1, 0.15) is 120 Å². The molecule has 426 valence electrons. The molecule has 0 radical (unpaired) electrons. The molecule has 1 aliphatic heterocycles. The number of nitrogens with one attached hydrogen (secondary N) is 4. The van der Waals surface area contributed by atoms with Crippen molar-refractivity contribution in [2.75, 3.05) is 39.8 Å². The van der Waals surface area contributed by atoms with Crippen LogP contribution >= 0.6 is 0 Å². The Balaban J connectivity index is 0.979. The molecule has 0 spiro atoms. The molecule has 1 fully saturated rings. The van der Waals surface area contributed by atoms with Gasteiger partial charge in [0.05, 0.1) is 50.4 Å². The van der Waals surface area contributed by atoms with Gasteiger partial charge in [0.15, 0.2) is 11.6 Å². The van der Waals surface area contributed by atoms with Crippen molar-refractivity contribution in [1.29, 1.82) is 0 Å². The number of rotatable bonds is 28. The highest BCUT2D eigenvalue weighted by Gasteiger charge is 2.40. The molecule has 4 heterocycles. The van der Waals surface area contributed by atoms with Crippen LogP contribution in [0.15, 0.2) is 67.0 Å². The van der Waals surface area contributed by atoms with Gasteiger partial charge in [0.25, 0.3) is 0 Å². The number of pyridine rings is 1. The Hall–Kier alpha value is -7.55. The third kappa shape index (κ3) is 16.3. The summed E-state index contributed by atoms with van der Waals surface area (Å²) < 4.78 is 39.7. The summed E-state index contributed by atoms with van der Waals surface area (Å²) in [6, 6.07) is 13.6. The van der Waals surface area contributed by atoms with E-state index in [0.29, 0.717) is 48.4 Å². The number of aromatic nitrogens is 4. The minimum atomic E-state index is -1.17. The van der Waals surface area contributed by atoms with E-state index in [2.05, 4.69) is 38.3 Å². The number of unbranched alkanes of at least 4 members (excludes halogenated alkanes) is 3. The van der Waals surface area contributed by atoms with Crippen LogP contribution in [0.2, 0.25) is 0 Å². The number of likely N-dealkylation sites (tertiary alicyclic amines) is 1. The van der Waals surface area contributed by atoms with E-state index >= 15 is 4.39 Å². The molecule has 0 bridgehead atoms. The summed E-state index contributed by atoms with van der Waals surface area (Å²) >= 11 is 0. The highest BCUT2D eigenvalue weighted by Crippen LogP contribution is 2.37. The van der Waals surface area contributed by atoms with E-state index in [0.717, 1.165) is 42.1 Å². The van der Waals surface area contributed by atoms with Crippen molar-refractivity contribution in [3.05, 3.63) is 107 Å². The van der Waals surface area contributed by atoms with Gasteiger partial charge in [-0.3, -0.25) is 43.1 Å².